The number of aryl methyl sites for hydroxylation is 1. The Labute approximate surface area is 149 Å². The van der Waals surface area contributed by atoms with E-state index in [2.05, 4.69) is 5.32 Å². The maximum atomic E-state index is 12.4. The van der Waals surface area contributed by atoms with E-state index in [9.17, 15) is 22.9 Å². The molecule has 0 unspecified atom stereocenters. The number of nitrogens with two attached hydrogens (primary N) is 1. The Morgan fingerprint density at radius 1 is 1.04 bits per heavy atom. The summed E-state index contributed by atoms with van der Waals surface area (Å²) in [6.45, 7) is 1.85. The summed E-state index contributed by atoms with van der Waals surface area (Å²) in [6, 6.07) is 11.6. The number of rotatable bonds is 3. The van der Waals surface area contributed by atoms with Crippen LogP contribution in [0.2, 0.25) is 0 Å². The quantitative estimate of drug-likeness (QED) is 0.413. The van der Waals surface area contributed by atoms with Crippen LogP contribution in [0.4, 0.5) is 11.4 Å². The summed E-state index contributed by atoms with van der Waals surface area (Å²) < 4.78 is 32.5. The molecule has 1 amide bonds. The maximum Gasteiger partial charge on any atom is 0.295 e. The van der Waals surface area contributed by atoms with Crippen molar-refractivity contribution in [3.63, 3.8) is 0 Å². The number of benzene rings is 3. The molecule has 0 saturated heterocycles. The summed E-state index contributed by atoms with van der Waals surface area (Å²) in [5.74, 6) is -0.608. The minimum atomic E-state index is -4.50. The first kappa shape index (κ1) is 17.7. The largest absolute Gasteiger partial charge is 0.507 e. The standard InChI is InChI=1S/C18H16N2O5S/c1-10-2-4-13(15(19)8-10)18(22)20-11-3-5-12-14(9-11)17(26(23,24)25)7-6-16(12)21/h2-9,21H,19H2,1H3,(H,20,22)(H,23,24,25). The van der Waals surface area contributed by atoms with Crippen molar-refractivity contribution in [2.45, 2.75) is 11.8 Å². The first-order chi connectivity index (χ1) is 12.2. The van der Waals surface area contributed by atoms with Crippen molar-refractivity contribution >= 4 is 38.2 Å². The summed E-state index contributed by atoms with van der Waals surface area (Å²) in [5.41, 5.74) is 7.66. The molecule has 0 atom stereocenters. The number of aromatic hydroxyl groups is 1. The monoisotopic (exact) mass is 372 g/mol. The molecule has 8 heteroatoms. The van der Waals surface area contributed by atoms with E-state index in [0.717, 1.165) is 11.6 Å². The average Bonchev–Trinajstić information content (AvgIpc) is 2.53. The number of phenolic OH excluding ortho intramolecular Hbond substituents is 1. The first-order valence-electron chi connectivity index (χ1n) is 7.57. The van der Waals surface area contributed by atoms with Gasteiger partial charge in [-0.3, -0.25) is 9.35 Å². The van der Waals surface area contributed by atoms with Gasteiger partial charge in [-0.15, -0.1) is 0 Å². The van der Waals surface area contributed by atoms with Gasteiger partial charge in [0.05, 0.1) is 5.56 Å². The van der Waals surface area contributed by atoms with Crippen LogP contribution in [0.3, 0.4) is 0 Å². The van der Waals surface area contributed by atoms with Crippen LogP contribution >= 0.6 is 0 Å². The fourth-order valence-corrected chi connectivity index (χ4v) is 3.38. The molecule has 26 heavy (non-hydrogen) atoms. The summed E-state index contributed by atoms with van der Waals surface area (Å²) >= 11 is 0. The maximum absolute atomic E-state index is 12.4. The number of carbonyl (C=O) groups is 1. The van der Waals surface area contributed by atoms with Crippen molar-refractivity contribution in [2.75, 3.05) is 11.1 Å². The first-order valence-corrected chi connectivity index (χ1v) is 9.01. The molecular formula is C18H16N2O5S. The van der Waals surface area contributed by atoms with Crippen molar-refractivity contribution in [1.82, 2.24) is 0 Å². The number of anilines is 2. The van der Waals surface area contributed by atoms with E-state index in [1.54, 1.807) is 18.2 Å². The second-order valence-corrected chi connectivity index (χ2v) is 7.25. The number of carbonyl (C=O) groups excluding carboxylic acids is 1. The van der Waals surface area contributed by atoms with E-state index in [0.29, 0.717) is 5.69 Å². The molecule has 0 spiro atoms. The molecule has 0 saturated carbocycles. The van der Waals surface area contributed by atoms with Crippen LogP contribution < -0.4 is 11.1 Å². The molecule has 0 aliphatic carbocycles. The summed E-state index contributed by atoms with van der Waals surface area (Å²) in [7, 11) is -4.50. The summed E-state index contributed by atoms with van der Waals surface area (Å²) in [4.78, 5) is 12.1. The zero-order valence-electron chi connectivity index (χ0n) is 13.7. The molecule has 3 aromatic rings. The van der Waals surface area contributed by atoms with E-state index in [1.165, 1.54) is 24.3 Å². The van der Waals surface area contributed by atoms with Crippen molar-refractivity contribution < 1.29 is 22.9 Å². The third-order valence-electron chi connectivity index (χ3n) is 3.94. The highest BCUT2D eigenvalue weighted by molar-refractivity contribution is 7.86. The lowest BCUT2D eigenvalue weighted by Crippen LogP contribution is -2.14. The molecule has 0 heterocycles. The third-order valence-corrected chi connectivity index (χ3v) is 4.85. The van der Waals surface area contributed by atoms with E-state index >= 15 is 0 Å². The van der Waals surface area contributed by atoms with Gasteiger partial charge in [0.25, 0.3) is 16.0 Å². The number of nitrogens with one attached hydrogen (secondary N) is 1. The number of hydrogen-bond acceptors (Lipinski definition) is 5. The van der Waals surface area contributed by atoms with Gasteiger partial charge < -0.3 is 16.2 Å². The molecule has 7 nitrogen and oxygen atoms in total. The van der Waals surface area contributed by atoms with Crippen LogP contribution in [0.1, 0.15) is 15.9 Å². The molecule has 0 radical (unpaired) electrons. The highest BCUT2D eigenvalue weighted by Crippen LogP contribution is 2.32. The second kappa shape index (κ2) is 6.32. The lowest BCUT2D eigenvalue weighted by molar-refractivity contribution is 0.102. The molecule has 0 aromatic heterocycles. The van der Waals surface area contributed by atoms with Crippen molar-refractivity contribution in [3.05, 3.63) is 59.7 Å². The van der Waals surface area contributed by atoms with E-state index in [4.69, 9.17) is 5.73 Å². The zero-order valence-corrected chi connectivity index (χ0v) is 14.5. The number of hydrogen-bond donors (Lipinski definition) is 4. The normalized spacial score (nSPS) is 11.5. The van der Waals surface area contributed by atoms with Crippen molar-refractivity contribution in [2.24, 2.45) is 0 Å². The summed E-state index contributed by atoms with van der Waals surface area (Å²) in [5, 5.41) is 12.8. The molecule has 5 N–H and O–H groups in total. The van der Waals surface area contributed by atoms with Gasteiger partial charge in [-0.2, -0.15) is 8.42 Å². The van der Waals surface area contributed by atoms with Gasteiger partial charge in [0, 0.05) is 22.1 Å². The van der Waals surface area contributed by atoms with Gasteiger partial charge in [0.1, 0.15) is 10.6 Å². The van der Waals surface area contributed by atoms with Crippen LogP contribution in [0.15, 0.2) is 53.4 Å². The minimum absolute atomic E-state index is 0.0854. The van der Waals surface area contributed by atoms with Crippen LogP contribution in [0, 0.1) is 6.92 Å². The van der Waals surface area contributed by atoms with Gasteiger partial charge in [-0.05, 0) is 55.0 Å². The third kappa shape index (κ3) is 3.32. The predicted molar refractivity (Wildman–Crippen MR) is 99.0 cm³/mol. The van der Waals surface area contributed by atoms with Gasteiger partial charge in [-0.25, -0.2) is 0 Å². The topological polar surface area (TPSA) is 130 Å². The Bertz CT molecular complexity index is 1140. The van der Waals surface area contributed by atoms with Crippen LogP contribution in [0.25, 0.3) is 10.8 Å². The van der Waals surface area contributed by atoms with Crippen LogP contribution in [0.5, 0.6) is 5.75 Å². The predicted octanol–water partition coefficient (Wildman–Crippen LogP) is 2.94. The highest BCUT2D eigenvalue weighted by Gasteiger charge is 2.17. The Morgan fingerprint density at radius 2 is 1.77 bits per heavy atom. The number of amides is 1. The fraction of sp³-hybridized carbons (Fsp3) is 0.0556. The lowest BCUT2D eigenvalue weighted by atomic mass is 10.1. The molecule has 134 valence electrons. The minimum Gasteiger partial charge on any atom is -0.507 e. The molecule has 3 aromatic carbocycles. The Kier molecular flexibility index (Phi) is 4.31. The number of nitrogen functional groups attached to an aromatic ring is 1. The van der Waals surface area contributed by atoms with E-state index in [1.807, 2.05) is 6.92 Å². The van der Waals surface area contributed by atoms with Crippen LogP contribution in [-0.4, -0.2) is 24.0 Å². The highest BCUT2D eigenvalue weighted by atomic mass is 32.2. The van der Waals surface area contributed by atoms with E-state index in [-0.39, 0.29) is 32.7 Å². The SMILES string of the molecule is Cc1ccc(C(=O)Nc2ccc3c(O)ccc(S(=O)(=O)O)c3c2)c(N)c1. The Hall–Kier alpha value is -3.10. The van der Waals surface area contributed by atoms with Crippen molar-refractivity contribution in [3.8, 4) is 5.75 Å². The second-order valence-electron chi connectivity index (χ2n) is 5.86. The number of fused-ring (bicyclic) bond motifs is 1. The number of phenols is 1. The van der Waals surface area contributed by atoms with Gasteiger partial charge in [0.15, 0.2) is 0 Å². The van der Waals surface area contributed by atoms with Crippen LogP contribution in [-0.2, 0) is 10.1 Å². The smallest absolute Gasteiger partial charge is 0.295 e. The molecule has 0 aliphatic rings. The summed E-state index contributed by atoms with van der Waals surface area (Å²) in [6.07, 6.45) is 0. The Balaban J connectivity index is 2.05. The van der Waals surface area contributed by atoms with Gasteiger partial charge in [0.2, 0.25) is 0 Å². The fourth-order valence-electron chi connectivity index (χ4n) is 2.70. The molecule has 0 bridgehead atoms. The zero-order chi connectivity index (χ0) is 19.1. The van der Waals surface area contributed by atoms with Gasteiger partial charge >= 0.3 is 0 Å². The molecule has 0 aliphatic heterocycles. The lowest BCUT2D eigenvalue weighted by Gasteiger charge is -2.11. The Morgan fingerprint density at radius 3 is 2.42 bits per heavy atom. The average molecular weight is 372 g/mol. The van der Waals surface area contributed by atoms with Gasteiger partial charge in [-0.1, -0.05) is 6.07 Å². The molecular weight excluding hydrogens is 356 g/mol. The molecule has 3 rings (SSSR count). The van der Waals surface area contributed by atoms with Crippen molar-refractivity contribution in [1.29, 1.82) is 0 Å². The molecule has 0 fully saturated rings. The van der Waals surface area contributed by atoms with E-state index < -0.39 is 16.0 Å².